The number of alkyl halides is 2. The van der Waals surface area contributed by atoms with E-state index in [0.717, 1.165) is 5.56 Å². The summed E-state index contributed by atoms with van der Waals surface area (Å²) in [6, 6.07) is 6.02. The summed E-state index contributed by atoms with van der Waals surface area (Å²) < 4.78 is 26.2. The van der Waals surface area contributed by atoms with Gasteiger partial charge < -0.3 is 5.73 Å². The summed E-state index contributed by atoms with van der Waals surface area (Å²) >= 11 is 0. The lowest BCUT2D eigenvalue weighted by Gasteiger charge is -2.18. The zero-order valence-corrected chi connectivity index (χ0v) is 11.0. The minimum atomic E-state index is -2.46. The normalized spacial score (nSPS) is 24.2. The smallest absolute Gasteiger partial charge is 0.248 e. The van der Waals surface area contributed by atoms with Gasteiger partial charge in [0.05, 0.1) is 0 Å². The van der Waals surface area contributed by atoms with Crippen LogP contribution >= 0.6 is 0 Å². The van der Waals surface area contributed by atoms with Crippen molar-refractivity contribution in [3.05, 3.63) is 34.9 Å². The molecular formula is C15H21F2N. The molecule has 2 rings (SSSR count). The molecule has 2 unspecified atom stereocenters. The van der Waals surface area contributed by atoms with Crippen molar-refractivity contribution in [2.75, 3.05) is 0 Å². The van der Waals surface area contributed by atoms with Gasteiger partial charge in [0.15, 0.2) is 0 Å². The third kappa shape index (κ3) is 3.08. The minimum absolute atomic E-state index is 0.00550. The maximum atomic E-state index is 13.1. The van der Waals surface area contributed by atoms with Crippen molar-refractivity contribution in [1.29, 1.82) is 0 Å². The van der Waals surface area contributed by atoms with Gasteiger partial charge in [-0.3, -0.25) is 0 Å². The number of halogens is 2. The van der Waals surface area contributed by atoms with Crippen molar-refractivity contribution in [3.8, 4) is 0 Å². The van der Waals surface area contributed by atoms with Gasteiger partial charge in [0.25, 0.3) is 0 Å². The lowest BCUT2D eigenvalue weighted by molar-refractivity contribution is 0.00446. The van der Waals surface area contributed by atoms with Crippen LogP contribution < -0.4 is 5.73 Å². The molecule has 1 nitrogen and oxygen atoms in total. The van der Waals surface area contributed by atoms with E-state index in [1.807, 2.05) is 12.1 Å². The first kappa shape index (κ1) is 13.5. The molecule has 1 aromatic carbocycles. The molecule has 2 atom stereocenters. The Morgan fingerprint density at radius 3 is 2.61 bits per heavy atom. The second-order valence-electron chi connectivity index (χ2n) is 5.65. The van der Waals surface area contributed by atoms with Crippen LogP contribution in [0.3, 0.4) is 0 Å². The molecule has 0 heterocycles. The molecule has 1 aliphatic rings. The highest BCUT2D eigenvalue weighted by atomic mass is 19.3. The minimum Gasteiger partial charge on any atom is -0.324 e. The van der Waals surface area contributed by atoms with E-state index in [9.17, 15) is 8.78 Å². The third-order valence-corrected chi connectivity index (χ3v) is 4.05. The first-order valence-corrected chi connectivity index (χ1v) is 6.58. The molecule has 18 heavy (non-hydrogen) atoms. The van der Waals surface area contributed by atoms with Crippen LogP contribution in [0, 0.1) is 19.8 Å². The fourth-order valence-electron chi connectivity index (χ4n) is 2.73. The highest BCUT2D eigenvalue weighted by Gasteiger charge is 2.39. The van der Waals surface area contributed by atoms with Crippen molar-refractivity contribution in [2.45, 2.75) is 51.5 Å². The van der Waals surface area contributed by atoms with Crippen LogP contribution in [0.5, 0.6) is 0 Å². The van der Waals surface area contributed by atoms with Gasteiger partial charge in [0.1, 0.15) is 0 Å². The molecule has 0 aliphatic heterocycles. The summed E-state index contributed by atoms with van der Waals surface area (Å²) in [4.78, 5) is 0. The molecule has 1 aromatic rings. The molecular weight excluding hydrogens is 232 g/mol. The summed E-state index contributed by atoms with van der Waals surface area (Å²) in [6.07, 6.45) is 1.30. The van der Waals surface area contributed by atoms with E-state index in [4.69, 9.17) is 5.73 Å². The third-order valence-electron chi connectivity index (χ3n) is 4.05. The van der Waals surface area contributed by atoms with Gasteiger partial charge in [0, 0.05) is 18.9 Å². The van der Waals surface area contributed by atoms with Crippen LogP contribution in [0.25, 0.3) is 0 Å². The molecule has 0 aromatic heterocycles. The topological polar surface area (TPSA) is 26.0 Å². The lowest BCUT2D eigenvalue weighted by atomic mass is 9.92. The second-order valence-corrected chi connectivity index (χ2v) is 5.65. The first-order chi connectivity index (χ1) is 8.37. The predicted molar refractivity (Wildman–Crippen MR) is 69.7 cm³/mol. The van der Waals surface area contributed by atoms with E-state index in [0.29, 0.717) is 12.8 Å². The van der Waals surface area contributed by atoms with Crippen LogP contribution in [0.4, 0.5) is 8.78 Å². The molecule has 0 radical (unpaired) electrons. The van der Waals surface area contributed by atoms with Crippen LogP contribution in [0.15, 0.2) is 18.2 Å². The van der Waals surface area contributed by atoms with Crippen LogP contribution in [0.1, 0.15) is 48.4 Å². The average molecular weight is 253 g/mol. The quantitative estimate of drug-likeness (QED) is 0.861. The predicted octanol–water partition coefficient (Wildman–Crippen LogP) is 4.13. The van der Waals surface area contributed by atoms with Gasteiger partial charge >= 0.3 is 0 Å². The largest absolute Gasteiger partial charge is 0.324 e. The molecule has 3 heteroatoms. The number of hydrogen-bond acceptors (Lipinski definition) is 1. The Kier molecular flexibility index (Phi) is 3.71. The van der Waals surface area contributed by atoms with E-state index in [1.54, 1.807) is 0 Å². The van der Waals surface area contributed by atoms with Gasteiger partial charge in [-0.2, -0.15) is 0 Å². The van der Waals surface area contributed by atoms with E-state index in [1.165, 1.54) is 11.1 Å². The fraction of sp³-hybridized carbons (Fsp3) is 0.600. The van der Waals surface area contributed by atoms with Crippen LogP contribution in [-0.2, 0) is 0 Å². The number of nitrogens with two attached hydrogens (primary N) is 1. The van der Waals surface area contributed by atoms with E-state index in [2.05, 4.69) is 19.9 Å². The highest BCUT2D eigenvalue weighted by Crippen LogP contribution is 2.42. The van der Waals surface area contributed by atoms with E-state index >= 15 is 0 Å². The zero-order valence-electron chi connectivity index (χ0n) is 11.0. The average Bonchev–Trinajstić information content (AvgIpc) is 2.62. The summed E-state index contributed by atoms with van der Waals surface area (Å²) in [5.74, 6) is -2.40. The molecule has 100 valence electrons. The zero-order chi connectivity index (χ0) is 13.3. The van der Waals surface area contributed by atoms with E-state index < -0.39 is 5.92 Å². The fourth-order valence-corrected chi connectivity index (χ4v) is 2.73. The molecule has 1 saturated carbocycles. The van der Waals surface area contributed by atoms with Crippen molar-refractivity contribution in [1.82, 2.24) is 0 Å². The Bertz CT molecular complexity index is 429. The molecule has 0 saturated heterocycles. The van der Waals surface area contributed by atoms with Crippen molar-refractivity contribution < 1.29 is 8.78 Å². The summed E-state index contributed by atoms with van der Waals surface area (Å²) in [7, 11) is 0. The molecule has 0 bridgehead atoms. The van der Waals surface area contributed by atoms with Crippen molar-refractivity contribution in [2.24, 2.45) is 11.7 Å². The van der Waals surface area contributed by atoms with Crippen molar-refractivity contribution in [3.63, 3.8) is 0 Å². The number of rotatable bonds is 3. The van der Waals surface area contributed by atoms with Gasteiger partial charge in [-0.1, -0.05) is 18.2 Å². The van der Waals surface area contributed by atoms with Gasteiger partial charge in [0.2, 0.25) is 5.92 Å². The molecule has 0 amide bonds. The summed E-state index contributed by atoms with van der Waals surface area (Å²) in [5, 5.41) is 0. The van der Waals surface area contributed by atoms with Crippen molar-refractivity contribution >= 4 is 0 Å². The van der Waals surface area contributed by atoms with Gasteiger partial charge in [-0.05, 0) is 49.3 Å². The maximum Gasteiger partial charge on any atom is 0.248 e. The molecule has 1 fully saturated rings. The monoisotopic (exact) mass is 253 g/mol. The molecule has 2 N–H and O–H groups in total. The van der Waals surface area contributed by atoms with Crippen LogP contribution in [-0.4, -0.2) is 5.92 Å². The maximum absolute atomic E-state index is 13.1. The first-order valence-electron chi connectivity index (χ1n) is 6.58. The number of aryl methyl sites for hydroxylation is 2. The molecule has 1 aliphatic carbocycles. The Hall–Kier alpha value is -0.960. The Morgan fingerprint density at radius 2 is 2.06 bits per heavy atom. The Morgan fingerprint density at radius 1 is 1.33 bits per heavy atom. The summed E-state index contributed by atoms with van der Waals surface area (Å²) in [5.41, 5.74) is 9.64. The lowest BCUT2D eigenvalue weighted by Crippen LogP contribution is -2.16. The SMILES string of the molecule is Cc1ccc(C(N)CC2CCC(F)(F)C2)cc1C. The standard InChI is InChI=1S/C15H21F2N/c1-10-3-4-13(7-11(10)2)14(18)8-12-5-6-15(16,17)9-12/h3-4,7,12,14H,5-6,8-9,18H2,1-2H3. The Balaban J connectivity index is 1.99. The Labute approximate surface area is 107 Å². The van der Waals surface area contributed by atoms with E-state index in [-0.39, 0.29) is 24.8 Å². The van der Waals surface area contributed by atoms with Gasteiger partial charge in [-0.25, -0.2) is 8.78 Å². The number of benzene rings is 1. The van der Waals surface area contributed by atoms with Crippen LogP contribution in [0.2, 0.25) is 0 Å². The molecule has 0 spiro atoms. The highest BCUT2D eigenvalue weighted by molar-refractivity contribution is 5.31. The number of hydrogen-bond donors (Lipinski definition) is 1. The summed E-state index contributed by atoms with van der Waals surface area (Å²) in [6.45, 7) is 4.11. The van der Waals surface area contributed by atoms with Gasteiger partial charge in [-0.15, -0.1) is 0 Å². The second kappa shape index (κ2) is 4.96.